The second-order valence-corrected chi connectivity index (χ2v) is 3.67. The number of aromatic nitrogens is 3. The van der Waals surface area contributed by atoms with Crippen molar-refractivity contribution < 1.29 is 9.15 Å². The third-order valence-electron chi connectivity index (χ3n) is 2.59. The largest absolute Gasteiger partial charge is 0.495 e. The van der Waals surface area contributed by atoms with E-state index in [0.29, 0.717) is 6.42 Å². The molecule has 5 heteroatoms. The van der Waals surface area contributed by atoms with Crippen molar-refractivity contribution in [3.05, 3.63) is 48.3 Å². The fourth-order valence-corrected chi connectivity index (χ4v) is 1.73. The minimum atomic E-state index is 0.612. The summed E-state index contributed by atoms with van der Waals surface area (Å²) in [6, 6.07) is 7.51. The summed E-state index contributed by atoms with van der Waals surface area (Å²) >= 11 is 0. The first-order valence-electron chi connectivity index (χ1n) is 5.27. The summed E-state index contributed by atoms with van der Waals surface area (Å²) in [6.07, 6.45) is 4.13. The molecule has 3 aromatic heterocycles. The molecule has 0 fully saturated rings. The molecule has 3 rings (SSSR count). The number of rotatable bonds is 3. The lowest BCUT2D eigenvalue weighted by Gasteiger charge is -2.01. The monoisotopic (exact) mass is 229 g/mol. The average Bonchev–Trinajstić information content (AvgIpc) is 2.99. The Hall–Kier alpha value is -2.30. The number of hydrogen-bond donors (Lipinski definition) is 0. The zero-order valence-electron chi connectivity index (χ0n) is 9.33. The lowest BCUT2D eigenvalue weighted by atomic mass is 10.3. The Kier molecular flexibility index (Phi) is 2.29. The zero-order valence-corrected chi connectivity index (χ0v) is 9.33. The summed E-state index contributed by atoms with van der Waals surface area (Å²) in [5.41, 5.74) is 0.798. The SMILES string of the molecule is COc1ccc2nnc(Cc3ccco3)n2c1. The van der Waals surface area contributed by atoms with Crippen molar-refractivity contribution >= 4 is 5.65 Å². The van der Waals surface area contributed by atoms with Crippen LogP contribution in [0.25, 0.3) is 5.65 Å². The molecular weight excluding hydrogens is 218 g/mol. The van der Waals surface area contributed by atoms with Crippen LogP contribution in [0.1, 0.15) is 11.6 Å². The Balaban J connectivity index is 2.04. The lowest BCUT2D eigenvalue weighted by molar-refractivity contribution is 0.412. The summed E-state index contributed by atoms with van der Waals surface area (Å²) in [4.78, 5) is 0. The minimum Gasteiger partial charge on any atom is -0.495 e. The molecule has 0 aliphatic heterocycles. The molecule has 0 radical (unpaired) electrons. The quantitative estimate of drug-likeness (QED) is 0.688. The van der Waals surface area contributed by atoms with Gasteiger partial charge in [0.2, 0.25) is 0 Å². The van der Waals surface area contributed by atoms with E-state index in [1.807, 2.05) is 34.9 Å². The molecule has 0 aliphatic carbocycles. The van der Waals surface area contributed by atoms with Crippen LogP contribution >= 0.6 is 0 Å². The van der Waals surface area contributed by atoms with Crippen LogP contribution in [-0.4, -0.2) is 21.7 Å². The van der Waals surface area contributed by atoms with Crippen LogP contribution < -0.4 is 4.74 Å². The number of ether oxygens (including phenoxy) is 1. The van der Waals surface area contributed by atoms with Gasteiger partial charge in [-0.2, -0.15) is 0 Å². The highest BCUT2D eigenvalue weighted by Gasteiger charge is 2.08. The molecule has 0 saturated carbocycles. The summed E-state index contributed by atoms with van der Waals surface area (Å²) < 4.78 is 12.4. The van der Waals surface area contributed by atoms with Gasteiger partial charge in [0.25, 0.3) is 0 Å². The molecule has 0 aromatic carbocycles. The Labute approximate surface area is 97.7 Å². The van der Waals surface area contributed by atoms with E-state index >= 15 is 0 Å². The van der Waals surface area contributed by atoms with Crippen LogP contribution in [0.3, 0.4) is 0 Å². The van der Waals surface area contributed by atoms with Gasteiger partial charge in [-0.05, 0) is 24.3 Å². The van der Waals surface area contributed by atoms with Gasteiger partial charge in [0.1, 0.15) is 17.3 Å². The number of nitrogens with zero attached hydrogens (tertiary/aromatic N) is 3. The molecule has 0 bridgehead atoms. The molecular formula is C12H11N3O2. The maximum absolute atomic E-state index is 5.30. The summed E-state index contributed by atoms with van der Waals surface area (Å²) in [7, 11) is 1.64. The van der Waals surface area contributed by atoms with Crippen LogP contribution in [0.15, 0.2) is 41.1 Å². The van der Waals surface area contributed by atoms with Gasteiger partial charge in [0.15, 0.2) is 5.65 Å². The number of hydrogen-bond acceptors (Lipinski definition) is 4. The van der Waals surface area contributed by atoms with Crippen molar-refractivity contribution in [3.8, 4) is 5.75 Å². The first kappa shape index (κ1) is 9.89. The van der Waals surface area contributed by atoms with Crippen molar-refractivity contribution in [2.24, 2.45) is 0 Å². The highest BCUT2D eigenvalue weighted by Crippen LogP contribution is 2.15. The highest BCUT2D eigenvalue weighted by molar-refractivity contribution is 5.41. The average molecular weight is 229 g/mol. The van der Waals surface area contributed by atoms with E-state index in [4.69, 9.17) is 9.15 Å². The molecule has 0 unspecified atom stereocenters. The van der Waals surface area contributed by atoms with Gasteiger partial charge in [-0.25, -0.2) is 0 Å². The normalized spacial score (nSPS) is 10.9. The second kappa shape index (κ2) is 3.93. The maximum Gasteiger partial charge on any atom is 0.161 e. The Morgan fingerprint density at radius 1 is 1.29 bits per heavy atom. The molecule has 0 aliphatic rings. The summed E-state index contributed by atoms with van der Waals surface area (Å²) in [5, 5.41) is 8.23. The lowest BCUT2D eigenvalue weighted by Crippen LogP contribution is -1.96. The topological polar surface area (TPSA) is 52.6 Å². The van der Waals surface area contributed by atoms with Crippen LogP contribution in [-0.2, 0) is 6.42 Å². The molecule has 3 heterocycles. The first-order valence-corrected chi connectivity index (χ1v) is 5.27. The van der Waals surface area contributed by atoms with Gasteiger partial charge >= 0.3 is 0 Å². The van der Waals surface area contributed by atoms with Gasteiger partial charge < -0.3 is 9.15 Å². The van der Waals surface area contributed by atoms with Crippen molar-refractivity contribution in [2.75, 3.05) is 7.11 Å². The minimum absolute atomic E-state index is 0.612. The molecule has 17 heavy (non-hydrogen) atoms. The molecule has 0 spiro atoms. The fraction of sp³-hybridized carbons (Fsp3) is 0.167. The van der Waals surface area contributed by atoms with E-state index in [0.717, 1.165) is 23.0 Å². The van der Waals surface area contributed by atoms with Crippen LogP contribution in [0.2, 0.25) is 0 Å². The van der Waals surface area contributed by atoms with Gasteiger partial charge in [-0.1, -0.05) is 0 Å². The molecule has 86 valence electrons. The van der Waals surface area contributed by atoms with Crippen molar-refractivity contribution in [1.82, 2.24) is 14.6 Å². The number of pyridine rings is 1. The second-order valence-electron chi connectivity index (χ2n) is 3.67. The maximum atomic E-state index is 5.30. The Morgan fingerprint density at radius 2 is 2.24 bits per heavy atom. The number of fused-ring (bicyclic) bond motifs is 1. The molecule has 0 N–H and O–H groups in total. The van der Waals surface area contributed by atoms with Gasteiger partial charge in [0, 0.05) is 0 Å². The Bertz CT molecular complexity index is 628. The zero-order chi connectivity index (χ0) is 11.7. The molecule has 0 saturated heterocycles. The standard InChI is InChI=1S/C12H11N3O2/c1-16-10-4-5-11-13-14-12(15(11)8-10)7-9-3-2-6-17-9/h2-6,8H,7H2,1H3. The van der Waals surface area contributed by atoms with Crippen molar-refractivity contribution in [2.45, 2.75) is 6.42 Å². The third kappa shape index (κ3) is 1.75. The van der Waals surface area contributed by atoms with Crippen molar-refractivity contribution in [1.29, 1.82) is 0 Å². The van der Waals surface area contributed by atoms with Gasteiger partial charge in [-0.3, -0.25) is 4.40 Å². The molecule has 0 atom stereocenters. The molecule has 3 aromatic rings. The van der Waals surface area contributed by atoms with Crippen LogP contribution in [0.4, 0.5) is 0 Å². The Morgan fingerprint density at radius 3 is 3.00 bits per heavy atom. The van der Waals surface area contributed by atoms with E-state index < -0.39 is 0 Å². The fourth-order valence-electron chi connectivity index (χ4n) is 1.73. The number of methoxy groups -OCH3 is 1. The predicted molar refractivity (Wildman–Crippen MR) is 61.1 cm³/mol. The highest BCUT2D eigenvalue weighted by atomic mass is 16.5. The van der Waals surface area contributed by atoms with E-state index in [1.54, 1.807) is 13.4 Å². The van der Waals surface area contributed by atoms with E-state index in [9.17, 15) is 0 Å². The van der Waals surface area contributed by atoms with Gasteiger partial charge in [0.05, 0.1) is 26.0 Å². The first-order chi connectivity index (χ1) is 8.36. The molecule has 0 amide bonds. The summed E-state index contributed by atoms with van der Waals surface area (Å²) in [6.45, 7) is 0. The number of furan rings is 1. The predicted octanol–water partition coefficient (Wildman–Crippen LogP) is 1.92. The summed E-state index contributed by atoms with van der Waals surface area (Å²) in [5.74, 6) is 2.47. The third-order valence-corrected chi connectivity index (χ3v) is 2.59. The van der Waals surface area contributed by atoms with Crippen LogP contribution in [0, 0.1) is 0 Å². The van der Waals surface area contributed by atoms with Gasteiger partial charge in [-0.15, -0.1) is 10.2 Å². The smallest absolute Gasteiger partial charge is 0.161 e. The van der Waals surface area contributed by atoms with Crippen molar-refractivity contribution in [3.63, 3.8) is 0 Å². The van der Waals surface area contributed by atoms with Crippen LogP contribution in [0.5, 0.6) is 5.75 Å². The van der Waals surface area contributed by atoms with E-state index in [1.165, 1.54) is 0 Å². The van der Waals surface area contributed by atoms with E-state index in [-0.39, 0.29) is 0 Å². The van der Waals surface area contributed by atoms with E-state index in [2.05, 4.69) is 10.2 Å². The molecule has 5 nitrogen and oxygen atoms in total.